The molecule has 2 bridgehead atoms. The summed E-state index contributed by atoms with van der Waals surface area (Å²) in [4.78, 5) is 28.2. The number of anilines is 1. The molecule has 0 radical (unpaired) electrons. The van der Waals surface area contributed by atoms with Crippen molar-refractivity contribution in [3.05, 3.63) is 63.6 Å². The van der Waals surface area contributed by atoms with Crippen LogP contribution in [0, 0.1) is 37.5 Å². The Labute approximate surface area is 167 Å². The number of carbonyl (C=O) groups excluding carboxylic acids is 2. The maximum Gasteiger partial charge on any atom is 0.238 e. The predicted molar refractivity (Wildman–Crippen MR) is 108 cm³/mol. The van der Waals surface area contributed by atoms with E-state index in [1.54, 1.807) is 0 Å². The highest BCUT2D eigenvalue weighted by Gasteiger charge is 2.64. The molecule has 2 aliphatic carbocycles. The van der Waals surface area contributed by atoms with Crippen LogP contribution in [0.3, 0.4) is 0 Å². The first-order valence-electron chi connectivity index (χ1n) is 9.67. The Morgan fingerprint density at radius 2 is 1.59 bits per heavy atom. The van der Waals surface area contributed by atoms with Gasteiger partial charge in [-0.3, -0.25) is 9.59 Å². The van der Waals surface area contributed by atoms with Gasteiger partial charge in [0.25, 0.3) is 0 Å². The van der Waals surface area contributed by atoms with Crippen molar-refractivity contribution in [2.45, 2.75) is 32.6 Å². The monoisotopic (exact) mass is 423 g/mol. The van der Waals surface area contributed by atoms with Gasteiger partial charge in [-0.05, 0) is 73.3 Å². The van der Waals surface area contributed by atoms with Crippen LogP contribution in [0.5, 0.6) is 0 Å². The molecule has 3 nitrogen and oxygen atoms in total. The fraction of sp³-hybridized carbons (Fsp3) is 0.391. The van der Waals surface area contributed by atoms with E-state index in [4.69, 9.17) is 0 Å². The number of rotatable bonds is 2. The molecule has 5 atom stereocenters. The van der Waals surface area contributed by atoms with Crippen molar-refractivity contribution in [3.63, 3.8) is 0 Å². The summed E-state index contributed by atoms with van der Waals surface area (Å²) in [6.07, 6.45) is 2.04. The van der Waals surface area contributed by atoms with E-state index in [0.717, 1.165) is 34.1 Å². The smallest absolute Gasteiger partial charge is 0.238 e. The highest BCUT2D eigenvalue weighted by atomic mass is 79.9. The van der Waals surface area contributed by atoms with Gasteiger partial charge in [-0.2, -0.15) is 0 Å². The van der Waals surface area contributed by atoms with Gasteiger partial charge < -0.3 is 0 Å². The summed E-state index contributed by atoms with van der Waals surface area (Å²) in [7, 11) is 0. The van der Waals surface area contributed by atoms with Gasteiger partial charge >= 0.3 is 0 Å². The second-order valence-electron chi connectivity index (χ2n) is 8.29. The van der Waals surface area contributed by atoms with E-state index < -0.39 is 0 Å². The van der Waals surface area contributed by atoms with Crippen LogP contribution in [0.2, 0.25) is 0 Å². The first-order chi connectivity index (χ1) is 13.0. The minimum atomic E-state index is -0.148. The van der Waals surface area contributed by atoms with Gasteiger partial charge in [-0.25, -0.2) is 4.90 Å². The van der Waals surface area contributed by atoms with E-state index in [0.29, 0.717) is 17.8 Å². The summed E-state index contributed by atoms with van der Waals surface area (Å²) in [5.74, 6) is 0.804. The van der Waals surface area contributed by atoms with Crippen LogP contribution in [0.25, 0.3) is 0 Å². The predicted octanol–water partition coefficient (Wildman–Crippen LogP) is 5.00. The van der Waals surface area contributed by atoms with Crippen molar-refractivity contribution in [2.24, 2.45) is 23.7 Å². The Hall–Kier alpha value is -1.94. The first-order valence-corrected chi connectivity index (χ1v) is 10.5. The Bertz CT molecular complexity index is 954. The molecule has 0 aromatic heterocycles. The molecule has 3 fully saturated rings. The molecule has 4 heteroatoms. The first kappa shape index (κ1) is 17.2. The van der Waals surface area contributed by atoms with Gasteiger partial charge in [0.1, 0.15) is 0 Å². The second-order valence-corrected chi connectivity index (χ2v) is 9.15. The van der Waals surface area contributed by atoms with E-state index in [-0.39, 0.29) is 23.7 Å². The molecule has 2 amide bonds. The largest absolute Gasteiger partial charge is 0.274 e. The zero-order chi connectivity index (χ0) is 18.9. The number of carbonyl (C=O) groups is 2. The van der Waals surface area contributed by atoms with Crippen molar-refractivity contribution in [3.8, 4) is 0 Å². The highest BCUT2D eigenvalue weighted by molar-refractivity contribution is 9.10. The van der Waals surface area contributed by atoms with Gasteiger partial charge in [0, 0.05) is 4.47 Å². The second kappa shape index (κ2) is 6.03. The molecule has 27 heavy (non-hydrogen) atoms. The van der Waals surface area contributed by atoms with Crippen LogP contribution in [-0.2, 0) is 9.59 Å². The Morgan fingerprint density at radius 3 is 2.33 bits per heavy atom. The zero-order valence-corrected chi connectivity index (χ0v) is 17.1. The SMILES string of the molecule is Cc1c(Br)ccc(N2C(=O)[C@H]3[C@H]4C[C@@H]([C@@H]3C2=O)[C@@H](c2ccccc2)C4)c1C. The van der Waals surface area contributed by atoms with Crippen molar-refractivity contribution in [1.29, 1.82) is 0 Å². The van der Waals surface area contributed by atoms with Crippen LogP contribution < -0.4 is 4.90 Å². The molecule has 2 aromatic rings. The Balaban J connectivity index is 1.52. The van der Waals surface area contributed by atoms with E-state index in [2.05, 4.69) is 40.2 Å². The lowest BCUT2D eigenvalue weighted by molar-refractivity contribution is -0.123. The number of imide groups is 1. The number of benzene rings is 2. The van der Waals surface area contributed by atoms with E-state index in [9.17, 15) is 9.59 Å². The molecule has 1 saturated heterocycles. The Kier molecular flexibility index (Phi) is 3.84. The minimum absolute atomic E-state index is 0.0166. The quantitative estimate of drug-likeness (QED) is 0.637. The molecule has 5 rings (SSSR count). The lowest BCUT2D eigenvalue weighted by Gasteiger charge is -2.28. The molecule has 0 spiro atoms. The molecule has 2 saturated carbocycles. The van der Waals surface area contributed by atoms with Crippen LogP contribution in [0.15, 0.2) is 46.9 Å². The summed E-state index contributed by atoms with van der Waals surface area (Å²) >= 11 is 3.54. The lowest BCUT2D eigenvalue weighted by Crippen LogP contribution is -2.33. The van der Waals surface area contributed by atoms with E-state index in [1.165, 1.54) is 10.5 Å². The number of fused-ring (bicyclic) bond motifs is 5. The summed E-state index contributed by atoms with van der Waals surface area (Å²) in [6.45, 7) is 4.01. The van der Waals surface area contributed by atoms with Crippen LogP contribution in [0.1, 0.15) is 35.4 Å². The molecule has 0 unspecified atom stereocenters. The molecule has 0 N–H and O–H groups in total. The van der Waals surface area contributed by atoms with Gasteiger partial charge in [0.15, 0.2) is 0 Å². The third-order valence-corrected chi connectivity index (χ3v) is 8.04. The van der Waals surface area contributed by atoms with Crippen LogP contribution >= 0.6 is 15.9 Å². The zero-order valence-electron chi connectivity index (χ0n) is 15.5. The van der Waals surface area contributed by atoms with Gasteiger partial charge in [-0.15, -0.1) is 0 Å². The maximum absolute atomic E-state index is 13.4. The highest BCUT2D eigenvalue weighted by Crippen LogP contribution is 2.62. The van der Waals surface area contributed by atoms with Crippen molar-refractivity contribution in [1.82, 2.24) is 0 Å². The third kappa shape index (κ3) is 2.32. The Morgan fingerprint density at radius 1 is 0.889 bits per heavy atom. The topological polar surface area (TPSA) is 37.4 Å². The number of nitrogens with zero attached hydrogens (tertiary/aromatic N) is 1. The molecule has 138 valence electrons. The molecular formula is C23H22BrNO2. The lowest BCUT2D eigenvalue weighted by atomic mass is 9.73. The summed E-state index contributed by atoms with van der Waals surface area (Å²) in [6, 6.07) is 14.3. The fourth-order valence-electron chi connectivity index (χ4n) is 5.80. The van der Waals surface area contributed by atoms with Crippen molar-refractivity contribution >= 4 is 33.4 Å². The third-order valence-electron chi connectivity index (χ3n) is 7.18. The molecule has 2 aromatic carbocycles. The van der Waals surface area contributed by atoms with Gasteiger partial charge in [0.2, 0.25) is 11.8 Å². The van der Waals surface area contributed by atoms with Crippen molar-refractivity contribution in [2.75, 3.05) is 4.90 Å². The number of hydrogen-bond acceptors (Lipinski definition) is 2. The number of hydrogen-bond donors (Lipinski definition) is 0. The standard InChI is InChI=1S/C23H22BrNO2/c1-12-13(2)19(9-8-18(12)24)25-22(26)20-15-10-16(14-6-4-3-5-7-14)17(11-15)21(20)23(25)27/h3-9,15-17,20-21H,10-11H2,1-2H3/t15-,16-,17-,20+,21+/m1/s1. The molecule has 3 aliphatic rings. The van der Waals surface area contributed by atoms with Gasteiger partial charge in [0.05, 0.1) is 17.5 Å². The minimum Gasteiger partial charge on any atom is -0.274 e. The fourth-order valence-corrected chi connectivity index (χ4v) is 6.23. The molecular weight excluding hydrogens is 402 g/mol. The molecule has 1 heterocycles. The average molecular weight is 424 g/mol. The average Bonchev–Trinajstić information content (AvgIpc) is 3.33. The van der Waals surface area contributed by atoms with Gasteiger partial charge in [-0.1, -0.05) is 46.3 Å². The summed E-state index contributed by atoms with van der Waals surface area (Å²) < 4.78 is 1.01. The summed E-state index contributed by atoms with van der Waals surface area (Å²) in [5.41, 5.74) is 4.15. The van der Waals surface area contributed by atoms with Crippen molar-refractivity contribution < 1.29 is 9.59 Å². The summed E-state index contributed by atoms with van der Waals surface area (Å²) in [5, 5.41) is 0. The van der Waals surface area contributed by atoms with Crippen LogP contribution in [0.4, 0.5) is 5.69 Å². The van der Waals surface area contributed by atoms with Crippen LogP contribution in [-0.4, -0.2) is 11.8 Å². The number of amides is 2. The molecule has 1 aliphatic heterocycles. The van der Waals surface area contributed by atoms with E-state index in [1.807, 2.05) is 32.0 Å². The normalized spacial score (nSPS) is 31.7. The maximum atomic E-state index is 13.4. The number of halogens is 1. The van der Waals surface area contributed by atoms with E-state index >= 15 is 0 Å².